The summed E-state index contributed by atoms with van der Waals surface area (Å²) in [5.41, 5.74) is 1.67. The average molecular weight is 363 g/mol. The molecule has 2 N–H and O–H groups in total. The number of benzene rings is 1. The summed E-state index contributed by atoms with van der Waals surface area (Å²) in [4.78, 5) is 4.15. The Hall–Kier alpha value is -2.28. The van der Waals surface area contributed by atoms with Gasteiger partial charge in [0.2, 0.25) is 10.0 Å². The van der Waals surface area contributed by atoms with Crippen LogP contribution < -0.4 is 14.8 Å². The smallest absolute Gasteiger partial charge is 0.233 e. The monoisotopic (exact) mass is 363 g/mol. The predicted octanol–water partition coefficient (Wildman–Crippen LogP) is 4.15. The van der Waals surface area contributed by atoms with Gasteiger partial charge in [0, 0.05) is 5.69 Å². The molecule has 0 fully saturated rings. The largest absolute Gasteiger partial charge is 0.491 e. The van der Waals surface area contributed by atoms with Crippen molar-refractivity contribution in [2.75, 3.05) is 15.8 Å². The molecule has 1 aromatic carbocycles. The second-order valence-electron chi connectivity index (χ2n) is 6.02. The van der Waals surface area contributed by atoms with Crippen molar-refractivity contribution in [3.05, 3.63) is 42.6 Å². The minimum atomic E-state index is -3.33. The normalized spacial score (nSPS) is 11.4. The van der Waals surface area contributed by atoms with Gasteiger partial charge in [0.15, 0.2) is 0 Å². The van der Waals surface area contributed by atoms with Crippen LogP contribution in [0.4, 0.5) is 17.2 Å². The Balaban J connectivity index is 1.96. The summed E-state index contributed by atoms with van der Waals surface area (Å²) in [5, 5.41) is 3.21. The summed E-state index contributed by atoms with van der Waals surface area (Å²) < 4.78 is 31.8. The maximum atomic E-state index is 11.9. The highest BCUT2D eigenvalue weighted by Crippen LogP contribution is 2.21. The lowest BCUT2D eigenvalue weighted by molar-refractivity contribution is 0.242. The average Bonchev–Trinajstić information content (AvgIpc) is 2.56. The van der Waals surface area contributed by atoms with Crippen LogP contribution in [0, 0.1) is 0 Å². The summed E-state index contributed by atoms with van der Waals surface area (Å²) in [6.45, 7) is 5.92. The van der Waals surface area contributed by atoms with Gasteiger partial charge in [-0.3, -0.25) is 4.72 Å². The maximum absolute atomic E-state index is 11.9. The number of rotatable bonds is 9. The molecule has 2 aromatic rings. The lowest BCUT2D eigenvalue weighted by Gasteiger charge is -2.11. The first-order valence-electron chi connectivity index (χ1n) is 8.38. The highest BCUT2D eigenvalue weighted by molar-refractivity contribution is 7.92. The third-order valence-electron chi connectivity index (χ3n) is 3.30. The minimum Gasteiger partial charge on any atom is -0.491 e. The maximum Gasteiger partial charge on any atom is 0.233 e. The third kappa shape index (κ3) is 6.62. The van der Waals surface area contributed by atoms with Crippen molar-refractivity contribution in [3.8, 4) is 5.75 Å². The Bertz CT molecular complexity index is 757. The Morgan fingerprint density at radius 3 is 2.32 bits per heavy atom. The molecule has 7 heteroatoms. The Kier molecular flexibility index (Phi) is 6.64. The summed E-state index contributed by atoms with van der Waals surface area (Å²) in [7, 11) is -3.33. The van der Waals surface area contributed by atoms with Crippen LogP contribution in [-0.2, 0) is 10.0 Å². The van der Waals surface area contributed by atoms with Crippen molar-refractivity contribution in [3.63, 3.8) is 0 Å². The molecule has 136 valence electrons. The van der Waals surface area contributed by atoms with Gasteiger partial charge in [-0.2, -0.15) is 0 Å². The fourth-order valence-electron chi connectivity index (χ4n) is 2.13. The van der Waals surface area contributed by atoms with E-state index in [9.17, 15) is 8.42 Å². The van der Waals surface area contributed by atoms with Gasteiger partial charge >= 0.3 is 0 Å². The van der Waals surface area contributed by atoms with Gasteiger partial charge in [-0.25, -0.2) is 13.4 Å². The van der Waals surface area contributed by atoms with Crippen LogP contribution in [0.25, 0.3) is 0 Å². The van der Waals surface area contributed by atoms with E-state index in [1.807, 2.05) is 45.0 Å². The zero-order chi connectivity index (χ0) is 18.3. The number of sulfonamides is 1. The van der Waals surface area contributed by atoms with Crippen LogP contribution in [-0.4, -0.2) is 25.3 Å². The van der Waals surface area contributed by atoms with Crippen molar-refractivity contribution in [2.24, 2.45) is 0 Å². The number of aromatic nitrogens is 1. The van der Waals surface area contributed by atoms with E-state index >= 15 is 0 Å². The number of hydrogen-bond acceptors (Lipinski definition) is 5. The molecule has 0 atom stereocenters. The summed E-state index contributed by atoms with van der Waals surface area (Å²) in [5.74, 6) is 1.24. The number of nitrogens with one attached hydrogen (secondary N) is 2. The molecule has 25 heavy (non-hydrogen) atoms. The van der Waals surface area contributed by atoms with Gasteiger partial charge in [-0.1, -0.05) is 13.3 Å². The molecule has 6 nitrogen and oxygen atoms in total. The molecule has 2 rings (SSSR count). The highest BCUT2D eigenvalue weighted by atomic mass is 32.2. The van der Waals surface area contributed by atoms with E-state index in [1.165, 1.54) is 0 Å². The van der Waals surface area contributed by atoms with E-state index in [2.05, 4.69) is 15.0 Å². The molecule has 0 radical (unpaired) electrons. The highest BCUT2D eigenvalue weighted by Gasteiger charge is 2.10. The number of ether oxygens (including phenoxy) is 1. The molecule has 0 saturated carbocycles. The number of unbranched alkanes of at least 4 members (excludes halogenated alkanes) is 1. The third-order valence-corrected chi connectivity index (χ3v) is 4.65. The molecule has 1 aromatic heterocycles. The van der Waals surface area contributed by atoms with Crippen LogP contribution in [0.1, 0.15) is 33.6 Å². The van der Waals surface area contributed by atoms with Crippen molar-refractivity contribution < 1.29 is 13.2 Å². The van der Waals surface area contributed by atoms with Crippen LogP contribution >= 0.6 is 0 Å². The SMILES string of the molecule is CCCCS(=O)(=O)Nc1ccc(Nc2ccc(OC(C)C)cc2)cn1. The zero-order valence-corrected chi connectivity index (χ0v) is 15.6. The van der Waals surface area contributed by atoms with Crippen LogP contribution in [0.3, 0.4) is 0 Å². The van der Waals surface area contributed by atoms with E-state index in [4.69, 9.17) is 4.74 Å². The molecule has 1 heterocycles. The van der Waals surface area contributed by atoms with E-state index in [0.717, 1.165) is 23.5 Å². The van der Waals surface area contributed by atoms with Crippen molar-refractivity contribution in [1.82, 2.24) is 4.98 Å². The molecular formula is C18H25N3O3S. The molecule has 0 spiro atoms. The van der Waals surface area contributed by atoms with Gasteiger partial charge in [-0.05, 0) is 56.7 Å². The second-order valence-corrected chi connectivity index (χ2v) is 7.86. The first kappa shape index (κ1) is 19.1. The van der Waals surface area contributed by atoms with E-state index in [1.54, 1.807) is 18.3 Å². The Morgan fingerprint density at radius 1 is 1.08 bits per heavy atom. The lowest BCUT2D eigenvalue weighted by atomic mass is 10.3. The van der Waals surface area contributed by atoms with Crippen molar-refractivity contribution in [2.45, 2.75) is 39.7 Å². The minimum absolute atomic E-state index is 0.107. The van der Waals surface area contributed by atoms with Crippen LogP contribution in [0.15, 0.2) is 42.6 Å². The number of nitrogens with zero attached hydrogens (tertiary/aromatic N) is 1. The number of pyridine rings is 1. The molecule has 0 saturated heterocycles. The predicted molar refractivity (Wildman–Crippen MR) is 102 cm³/mol. The first-order chi connectivity index (χ1) is 11.9. The first-order valence-corrected chi connectivity index (χ1v) is 10.0. The lowest BCUT2D eigenvalue weighted by Crippen LogP contribution is -2.17. The van der Waals surface area contributed by atoms with Crippen molar-refractivity contribution >= 4 is 27.2 Å². The molecule has 0 aliphatic carbocycles. The van der Waals surface area contributed by atoms with Crippen LogP contribution in [0.5, 0.6) is 5.75 Å². The van der Waals surface area contributed by atoms with Gasteiger partial charge in [0.1, 0.15) is 11.6 Å². The van der Waals surface area contributed by atoms with E-state index in [0.29, 0.717) is 12.2 Å². The summed E-state index contributed by atoms with van der Waals surface area (Å²) in [6, 6.07) is 11.0. The van der Waals surface area contributed by atoms with Gasteiger partial charge in [-0.15, -0.1) is 0 Å². The number of anilines is 3. The molecule has 0 unspecified atom stereocenters. The van der Waals surface area contributed by atoms with Gasteiger partial charge in [0.05, 0.1) is 23.7 Å². The Labute approximate surface area is 149 Å². The Morgan fingerprint density at radius 2 is 1.76 bits per heavy atom. The van der Waals surface area contributed by atoms with Crippen LogP contribution in [0.2, 0.25) is 0 Å². The van der Waals surface area contributed by atoms with Crippen molar-refractivity contribution in [1.29, 1.82) is 0 Å². The van der Waals surface area contributed by atoms with Gasteiger partial charge < -0.3 is 10.1 Å². The van der Waals surface area contributed by atoms with E-state index in [-0.39, 0.29) is 11.9 Å². The fourth-order valence-corrected chi connectivity index (χ4v) is 3.34. The number of hydrogen-bond donors (Lipinski definition) is 2. The zero-order valence-electron chi connectivity index (χ0n) is 14.8. The quantitative estimate of drug-likeness (QED) is 0.699. The summed E-state index contributed by atoms with van der Waals surface area (Å²) >= 11 is 0. The molecule has 0 aliphatic heterocycles. The molecular weight excluding hydrogens is 338 g/mol. The summed E-state index contributed by atoms with van der Waals surface area (Å²) in [6.07, 6.45) is 3.19. The topological polar surface area (TPSA) is 80.3 Å². The molecule has 0 amide bonds. The molecule has 0 bridgehead atoms. The van der Waals surface area contributed by atoms with Gasteiger partial charge in [0.25, 0.3) is 0 Å². The molecule has 0 aliphatic rings. The standard InChI is InChI=1S/C18H25N3O3S/c1-4-5-12-25(22,23)21-18-11-8-16(13-19-18)20-15-6-9-17(10-7-15)24-14(2)3/h6-11,13-14,20H,4-5,12H2,1-3H3,(H,19,21). The second kappa shape index (κ2) is 8.71. The fraction of sp³-hybridized carbons (Fsp3) is 0.389. The van der Waals surface area contributed by atoms with E-state index < -0.39 is 10.0 Å².